The number of hydrogen-bond donors (Lipinski definition) is 2. The maximum Gasteiger partial charge on any atom is 0.310 e. The van der Waals surface area contributed by atoms with Gasteiger partial charge >= 0.3 is 5.97 Å². The van der Waals surface area contributed by atoms with Gasteiger partial charge in [-0.3, -0.25) is 9.59 Å². The van der Waals surface area contributed by atoms with Gasteiger partial charge in [-0.2, -0.15) is 0 Å². The number of ether oxygens (including phenoxy) is 2. The summed E-state index contributed by atoms with van der Waals surface area (Å²) in [4.78, 5) is 24.9. The number of rotatable bonds is 5. The summed E-state index contributed by atoms with van der Waals surface area (Å²) >= 11 is 0. The molecule has 0 aromatic rings. The molecule has 2 aliphatic carbocycles. The molecule has 0 spiro atoms. The molecule has 0 radical (unpaired) electrons. The third-order valence-electron chi connectivity index (χ3n) is 6.62. The fourth-order valence-corrected chi connectivity index (χ4v) is 5.07. The molecule has 3 N–H and O–H groups in total. The topological polar surface area (TPSA) is 90.7 Å². The molecule has 1 heterocycles. The maximum absolute atomic E-state index is 12.7. The lowest BCUT2D eigenvalue weighted by molar-refractivity contribution is -0.148. The SMILES string of the molecule is COC(=O)C(CNC(=O)C1CC2CCCC(C1)C2N)C1CCOCC1. The van der Waals surface area contributed by atoms with Crippen LogP contribution in [-0.2, 0) is 19.1 Å². The number of hydrogen-bond acceptors (Lipinski definition) is 5. The molecule has 3 rings (SSSR count). The molecule has 1 aliphatic heterocycles. The van der Waals surface area contributed by atoms with Crippen LogP contribution in [0.5, 0.6) is 0 Å². The van der Waals surface area contributed by atoms with Crippen LogP contribution in [0.25, 0.3) is 0 Å². The second-order valence-corrected chi connectivity index (χ2v) is 8.02. The summed E-state index contributed by atoms with van der Waals surface area (Å²) in [6, 6.07) is 0.267. The van der Waals surface area contributed by atoms with Crippen molar-refractivity contribution in [3.05, 3.63) is 0 Å². The molecule has 3 atom stereocenters. The first-order valence-electron chi connectivity index (χ1n) is 9.79. The normalized spacial score (nSPS) is 34.2. The Morgan fingerprint density at radius 3 is 2.40 bits per heavy atom. The number of methoxy groups -OCH3 is 1. The van der Waals surface area contributed by atoms with Gasteiger partial charge in [-0.1, -0.05) is 6.42 Å². The molecule has 142 valence electrons. The largest absolute Gasteiger partial charge is 0.469 e. The van der Waals surface area contributed by atoms with Gasteiger partial charge in [0.2, 0.25) is 5.91 Å². The van der Waals surface area contributed by atoms with Crippen molar-refractivity contribution in [2.24, 2.45) is 35.3 Å². The highest BCUT2D eigenvalue weighted by molar-refractivity contribution is 5.80. The highest BCUT2D eigenvalue weighted by Gasteiger charge is 2.41. The number of esters is 1. The van der Waals surface area contributed by atoms with Gasteiger partial charge in [0.15, 0.2) is 0 Å². The van der Waals surface area contributed by atoms with E-state index in [0.29, 0.717) is 31.6 Å². The van der Waals surface area contributed by atoms with Crippen LogP contribution >= 0.6 is 0 Å². The van der Waals surface area contributed by atoms with E-state index >= 15 is 0 Å². The van der Waals surface area contributed by atoms with E-state index in [2.05, 4.69) is 5.32 Å². The minimum absolute atomic E-state index is 0.0445. The molecule has 1 saturated heterocycles. The Kier molecular flexibility index (Phi) is 6.34. The van der Waals surface area contributed by atoms with Gasteiger partial charge in [-0.05, 0) is 56.3 Å². The van der Waals surface area contributed by atoms with E-state index in [1.165, 1.54) is 13.5 Å². The van der Waals surface area contributed by atoms with E-state index in [9.17, 15) is 9.59 Å². The van der Waals surface area contributed by atoms with Crippen LogP contribution in [0.4, 0.5) is 0 Å². The quantitative estimate of drug-likeness (QED) is 0.731. The Hall–Kier alpha value is -1.14. The summed E-state index contributed by atoms with van der Waals surface area (Å²) in [5.74, 6) is 0.816. The first-order valence-corrected chi connectivity index (χ1v) is 9.79. The number of carbonyl (C=O) groups is 2. The van der Waals surface area contributed by atoms with Gasteiger partial charge in [0.25, 0.3) is 0 Å². The van der Waals surface area contributed by atoms with Gasteiger partial charge < -0.3 is 20.5 Å². The van der Waals surface area contributed by atoms with E-state index < -0.39 is 0 Å². The fraction of sp³-hybridized carbons (Fsp3) is 0.895. The van der Waals surface area contributed by atoms with Crippen molar-refractivity contribution in [3.63, 3.8) is 0 Å². The lowest BCUT2D eigenvalue weighted by Gasteiger charge is -2.43. The third kappa shape index (κ3) is 4.34. The second-order valence-electron chi connectivity index (χ2n) is 8.02. The van der Waals surface area contributed by atoms with Crippen LogP contribution < -0.4 is 11.1 Å². The van der Waals surface area contributed by atoms with Crippen molar-refractivity contribution in [1.29, 1.82) is 0 Å². The van der Waals surface area contributed by atoms with Crippen LogP contribution in [0.3, 0.4) is 0 Å². The van der Waals surface area contributed by atoms with E-state index in [1.807, 2.05) is 0 Å². The highest BCUT2D eigenvalue weighted by Crippen LogP contribution is 2.41. The Morgan fingerprint density at radius 1 is 1.16 bits per heavy atom. The summed E-state index contributed by atoms with van der Waals surface area (Å²) in [5.41, 5.74) is 6.32. The first-order chi connectivity index (χ1) is 12.1. The molecule has 25 heavy (non-hydrogen) atoms. The fourth-order valence-electron chi connectivity index (χ4n) is 5.07. The lowest BCUT2D eigenvalue weighted by Crippen LogP contribution is -2.50. The molecule has 6 heteroatoms. The summed E-state index contributed by atoms with van der Waals surface area (Å²) < 4.78 is 10.4. The van der Waals surface area contributed by atoms with Crippen molar-refractivity contribution in [1.82, 2.24) is 5.32 Å². The Balaban J connectivity index is 1.55. The van der Waals surface area contributed by atoms with E-state index in [0.717, 1.165) is 38.5 Å². The van der Waals surface area contributed by atoms with Crippen LogP contribution in [0.1, 0.15) is 44.9 Å². The van der Waals surface area contributed by atoms with Crippen LogP contribution in [0, 0.1) is 29.6 Å². The summed E-state index contributed by atoms with van der Waals surface area (Å²) in [7, 11) is 1.42. The number of nitrogens with one attached hydrogen (secondary N) is 1. The first kappa shape index (κ1) is 18.6. The molecule has 6 nitrogen and oxygen atoms in total. The monoisotopic (exact) mass is 352 g/mol. The minimum atomic E-state index is -0.275. The van der Waals surface area contributed by atoms with Gasteiger partial charge in [-0.25, -0.2) is 0 Å². The maximum atomic E-state index is 12.7. The van der Waals surface area contributed by atoms with Crippen LogP contribution in [0.15, 0.2) is 0 Å². The van der Waals surface area contributed by atoms with Gasteiger partial charge in [0.05, 0.1) is 13.0 Å². The van der Waals surface area contributed by atoms with Gasteiger partial charge in [0, 0.05) is 31.7 Å². The average molecular weight is 352 g/mol. The molecule has 0 aromatic heterocycles. The van der Waals surface area contributed by atoms with Crippen LogP contribution in [0.2, 0.25) is 0 Å². The standard InChI is InChI=1S/C19H32N2O4/c1-24-19(23)16(12-5-7-25-8-6-12)11-21-18(22)15-9-13-3-2-4-14(10-15)17(13)20/h12-17H,2-11,20H2,1H3,(H,21,22). The number of amides is 1. The Morgan fingerprint density at radius 2 is 1.80 bits per heavy atom. The molecule has 1 amide bonds. The van der Waals surface area contributed by atoms with E-state index in [4.69, 9.17) is 15.2 Å². The number of carbonyl (C=O) groups excluding carboxylic acids is 2. The van der Waals surface area contributed by atoms with Gasteiger partial charge in [-0.15, -0.1) is 0 Å². The number of nitrogens with two attached hydrogens (primary N) is 1. The molecule has 3 aliphatic rings. The predicted molar refractivity (Wildman–Crippen MR) is 93.6 cm³/mol. The van der Waals surface area contributed by atoms with Crippen molar-refractivity contribution in [3.8, 4) is 0 Å². The molecule has 3 unspecified atom stereocenters. The second kappa shape index (κ2) is 8.49. The van der Waals surface area contributed by atoms with E-state index in [-0.39, 0.29) is 35.7 Å². The number of fused-ring (bicyclic) bond motifs is 2. The van der Waals surface area contributed by atoms with E-state index in [1.54, 1.807) is 0 Å². The van der Waals surface area contributed by atoms with Gasteiger partial charge in [0.1, 0.15) is 0 Å². The Bertz CT molecular complexity index is 464. The highest BCUT2D eigenvalue weighted by atomic mass is 16.5. The zero-order valence-electron chi connectivity index (χ0n) is 15.2. The molecular formula is C19H32N2O4. The van der Waals surface area contributed by atoms with Crippen molar-refractivity contribution >= 4 is 11.9 Å². The minimum Gasteiger partial charge on any atom is -0.469 e. The lowest BCUT2D eigenvalue weighted by atomic mass is 9.65. The molecular weight excluding hydrogens is 320 g/mol. The van der Waals surface area contributed by atoms with Crippen LogP contribution in [-0.4, -0.2) is 44.8 Å². The van der Waals surface area contributed by atoms with Crippen molar-refractivity contribution in [2.75, 3.05) is 26.9 Å². The predicted octanol–water partition coefficient (Wildman–Crippen LogP) is 1.47. The molecule has 3 fully saturated rings. The van der Waals surface area contributed by atoms with Crippen molar-refractivity contribution < 1.29 is 19.1 Å². The third-order valence-corrected chi connectivity index (χ3v) is 6.62. The summed E-state index contributed by atoms with van der Waals surface area (Å²) in [5, 5.41) is 3.05. The zero-order chi connectivity index (χ0) is 17.8. The zero-order valence-corrected chi connectivity index (χ0v) is 15.2. The molecule has 2 saturated carbocycles. The Labute approximate surface area is 150 Å². The average Bonchev–Trinajstić information content (AvgIpc) is 2.62. The summed E-state index contributed by atoms with van der Waals surface area (Å²) in [6.07, 6.45) is 7.01. The van der Waals surface area contributed by atoms with Crippen molar-refractivity contribution in [2.45, 2.75) is 51.0 Å². The summed E-state index contributed by atoms with van der Waals surface area (Å²) in [6.45, 7) is 1.72. The smallest absolute Gasteiger partial charge is 0.310 e. The molecule has 2 bridgehead atoms. The molecule has 0 aromatic carbocycles.